The number of carbonyl (C=O) groups is 1. The first-order valence-corrected chi connectivity index (χ1v) is 11.9. The van der Waals surface area contributed by atoms with E-state index in [9.17, 15) is 25.2 Å². The van der Waals surface area contributed by atoms with Gasteiger partial charge in [0.05, 0.1) is 18.8 Å². The number of nitrogens with zero attached hydrogens (tertiary/aromatic N) is 2. The van der Waals surface area contributed by atoms with Crippen LogP contribution < -0.4 is 0 Å². The van der Waals surface area contributed by atoms with Crippen LogP contribution in [0.5, 0.6) is 0 Å². The van der Waals surface area contributed by atoms with E-state index in [1.165, 1.54) is 19.3 Å². The van der Waals surface area contributed by atoms with E-state index in [4.69, 9.17) is 0 Å². The van der Waals surface area contributed by atoms with Gasteiger partial charge >= 0.3 is 0 Å². The summed E-state index contributed by atoms with van der Waals surface area (Å²) >= 11 is 0. The number of rotatable bonds is 9. The summed E-state index contributed by atoms with van der Waals surface area (Å²) in [5.41, 5.74) is -0.350. The lowest BCUT2D eigenvalue weighted by Crippen LogP contribution is -2.62. The second-order valence-electron chi connectivity index (χ2n) is 10.2. The minimum Gasteiger partial charge on any atom is -0.395 e. The van der Waals surface area contributed by atoms with Gasteiger partial charge < -0.3 is 25.3 Å². The summed E-state index contributed by atoms with van der Waals surface area (Å²) in [6.07, 6.45) is 6.50. The zero-order chi connectivity index (χ0) is 22.3. The van der Waals surface area contributed by atoms with Gasteiger partial charge in [0.2, 0.25) is 5.91 Å². The first-order chi connectivity index (χ1) is 14.2. The van der Waals surface area contributed by atoms with Crippen LogP contribution in [-0.4, -0.2) is 92.8 Å². The van der Waals surface area contributed by atoms with Crippen molar-refractivity contribution < 1.29 is 25.2 Å². The van der Waals surface area contributed by atoms with E-state index in [0.717, 1.165) is 45.1 Å². The van der Waals surface area contributed by atoms with Crippen LogP contribution in [-0.2, 0) is 4.79 Å². The fourth-order valence-electron chi connectivity index (χ4n) is 4.86. The molecular formula is C23H44N2O5. The number of likely N-dealkylation sites (tertiary alicyclic amines) is 1. The monoisotopic (exact) mass is 428 g/mol. The van der Waals surface area contributed by atoms with Gasteiger partial charge in [-0.3, -0.25) is 9.69 Å². The topological polar surface area (TPSA) is 104 Å². The molecule has 7 nitrogen and oxygen atoms in total. The quantitative estimate of drug-likeness (QED) is 0.415. The molecule has 0 radical (unpaired) electrons. The SMILES string of the molecule is CC(C)(C)C(=O)N(CCCCCCN1C[C@H](O)[C@@H](O)[C@H](O)[C@H]1CO)C1CCCCC1. The molecule has 1 heterocycles. The van der Waals surface area contributed by atoms with Gasteiger partial charge in [0.1, 0.15) is 12.2 Å². The Morgan fingerprint density at radius 2 is 1.60 bits per heavy atom. The first kappa shape index (κ1) is 25.5. The average molecular weight is 429 g/mol. The van der Waals surface area contributed by atoms with E-state index in [1.807, 2.05) is 25.7 Å². The standard InChI is InChI=1S/C23H44N2O5/c1-23(2,3)22(30)25(17-11-7-6-8-12-17)14-10-5-4-9-13-24-15-19(27)21(29)20(28)18(24)16-26/h17-21,26-29H,4-16H2,1-3H3/t18-,19+,20-,21-/m1/s1. The summed E-state index contributed by atoms with van der Waals surface area (Å²) in [4.78, 5) is 17.0. The third-order valence-electron chi connectivity index (χ3n) is 6.73. The normalized spacial score (nSPS) is 29.2. The molecule has 1 saturated heterocycles. The second kappa shape index (κ2) is 11.8. The van der Waals surface area contributed by atoms with Gasteiger partial charge in [0.15, 0.2) is 0 Å². The number of aliphatic hydroxyl groups excluding tert-OH is 4. The third kappa shape index (κ3) is 6.89. The summed E-state index contributed by atoms with van der Waals surface area (Å²) in [5.74, 6) is 0.259. The van der Waals surface area contributed by atoms with Crippen molar-refractivity contribution in [3.63, 3.8) is 0 Å². The minimum atomic E-state index is -1.20. The Bertz CT molecular complexity index is 518. The van der Waals surface area contributed by atoms with E-state index >= 15 is 0 Å². The first-order valence-electron chi connectivity index (χ1n) is 11.9. The molecule has 1 aliphatic carbocycles. The number of hydrogen-bond donors (Lipinski definition) is 4. The van der Waals surface area contributed by atoms with E-state index < -0.39 is 24.4 Å². The lowest BCUT2D eigenvalue weighted by Gasteiger charge is -2.43. The van der Waals surface area contributed by atoms with E-state index in [0.29, 0.717) is 12.6 Å². The molecule has 0 bridgehead atoms. The van der Waals surface area contributed by atoms with Crippen LogP contribution in [0.1, 0.15) is 78.6 Å². The molecule has 0 unspecified atom stereocenters. The van der Waals surface area contributed by atoms with Gasteiger partial charge in [-0.25, -0.2) is 0 Å². The number of carbonyl (C=O) groups excluding carboxylic acids is 1. The van der Waals surface area contributed by atoms with Crippen molar-refractivity contribution in [1.29, 1.82) is 0 Å². The maximum absolute atomic E-state index is 13.0. The maximum Gasteiger partial charge on any atom is 0.228 e. The van der Waals surface area contributed by atoms with Crippen molar-refractivity contribution in [3.05, 3.63) is 0 Å². The molecule has 0 aromatic carbocycles. The van der Waals surface area contributed by atoms with Gasteiger partial charge in [0, 0.05) is 24.5 Å². The average Bonchev–Trinajstić information content (AvgIpc) is 2.71. The fourth-order valence-corrected chi connectivity index (χ4v) is 4.86. The van der Waals surface area contributed by atoms with E-state index in [2.05, 4.69) is 4.90 Å². The number of aliphatic hydroxyl groups is 4. The zero-order valence-corrected chi connectivity index (χ0v) is 19.2. The van der Waals surface area contributed by atoms with Crippen LogP contribution in [0.15, 0.2) is 0 Å². The Morgan fingerprint density at radius 1 is 0.967 bits per heavy atom. The van der Waals surface area contributed by atoms with Gasteiger partial charge in [-0.1, -0.05) is 52.9 Å². The van der Waals surface area contributed by atoms with Gasteiger partial charge in [0.25, 0.3) is 0 Å². The summed E-state index contributed by atoms with van der Waals surface area (Å²) in [6, 6.07) is -0.145. The van der Waals surface area contributed by atoms with Crippen LogP contribution >= 0.6 is 0 Å². The molecule has 0 aromatic heterocycles. The van der Waals surface area contributed by atoms with Gasteiger partial charge in [-0.15, -0.1) is 0 Å². The van der Waals surface area contributed by atoms with Crippen molar-refractivity contribution in [2.45, 2.75) is 109 Å². The van der Waals surface area contributed by atoms with Gasteiger partial charge in [-0.2, -0.15) is 0 Å². The van der Waals surface area contributed by atoms with Gasteiger partial charge in [-0.05, 0) is 32.2 Å². The Balaban J connectivity index is 1.76. The highest BCUT2D eigenvalue weighted by atomic mass is 16.4. The number of piperidine rings is 1. The Labute approximate surface area is 182 Å². The van der Waals surface area contributed by atoms with Crippen molar-refractivity contribution in [3.8, 4) is 0 Å². The number of hydrogen-bond acceptors (Lipinski definition) is 6. The number of β-amino-alcohol motifs (C(OH)–C–C–N with tert-alkyl or cyclic N) is 1. The summed E-state index contributed by atoms with van der Waals surface area (Å²) in [7, 11) is 0. The van der Waals surface area contributed by atoms with Crippen molar-refractivity contribution >= 4 is 5.91 Å². The van der Waals surface area contributed by atoms with Crippen molar-refractivity contribution in [2.75, 3.05) is 26.2 Å². The smallest absolute Gasteiger partial charge is 0.228 e. The molecule has 2 fully saturated rings. The highest BCUT2D eigenvalue weighted by molar-refractivity contribution is 5.81. The van der Waals surface area contributed by atoms with E-state index in [-0.39, 0.29) is 24.5 Å². The third-order valence-corrected chi connectivity index (χ3v) is 6.73. The number of unbranched alkanes of at least 4 members (excludes halogenated alkanes) is 3. The van der Waals surface area contributed by atoms with E-state index in [1.54, 1.807) is 0 Å². The highest BCUT2D eigenvalue weighted by Gasteiger charge is 2.40. The Morgan fingerprint density at radius 3 is 2.20 bits per heavy atom. The maximum atomic E-state index is 13.0. The predicted molar refractivity (Wildman–Crippen MR) is 117 cm³/mol. The molecule has 4 atom stereocenters. The van der Waals surface area contributed by atoms with Crippen LogP contribution in [0, 0.1) is 5.41 Å². The Hall–Kier alpha value is -0.730. The second-order valence-corrected chi connectivity index (χ2v) is 10.2. The molecule has 1 amide bonds. The minimum absolute atomic E-state index is 0.240. The summed E-state index contributed by atoms with van der Waals surface area (Å²) in [5, 5.41) is 39.3. The molecule has 4 N–H and O–H groups in total. The molecule has 176 valence electrons. The molecule has 7 heteroatoms. The van der Waals surface area contributed by atoms with Crippen molar-refractivity contribution in [2.24, 2.45) is 5.41 Å². The molecule has 1 saturated carbocycles. The molecule has 2 aliphatic rings. The predicted octanol–water partition coefficient (Wildman–Crippen LogP) is 1.51. The zero-order valence-electron chi connectivity index (χ0n) is 19.2. The fraction of sp³-hybridized carbons (Fsp3) is 0.957. The van der Waals surface area contributed by atoms with Crippen molar-refractivity contribution in [1.82, 2.24) is 9.80 Å². The molecule has 0 spiro atoms. The lowest BCUT2D eigenvalue weighted by atomic mass is 9.89. The largest absolute Gasteiger partial charge is 0.395 e. The molecule has 1 aliphatic heterocycles. The summed E-state index contributed by atoms with van der Waals surface area (Å²) in [6.45, 7) is 7.51. The highest BCUT2D eigenvalue weighted by Crippen LogP contribution is 2.28. The Kier molecular flexibility index (Phi) is 10.0. The van der Waals surface area contributed by atoms with Crippen LogP contribution in [0.2, 0.25) is 0 Å². The number of amides is 1. The molecule has 2 rings (SSSR count). The molecule has 0 aromatic rings. The lowest BCUT2D eigenvalue weighted by molar-refractivity contribution is -0.145. The molecular weight excluding hydrogens is 384 g/mol. The summed E-state index contributed by atoms with van der Waals surface area (Å²) < 4.78 is 0. The van der Waals surface area contributed by atoms with Crippen LogP contribution in [0.25, 0.3) is 0 Å². The molecule has 30 heavy (non-hydrogen) atoms. The van der Waals surface area contributed by atoms with Crippen LogP contribution in [0.3, 0.4) is 0 Å². The van der Waals surface area contributed by atoms with Crippen LogP contribution in [0.4, 0.5) is 0 Å².